The van der Waals surface area contributed by atoms with E-state index in [4.69, 9.17) is 37.0 Å². The SMILES string of the molecule is CCCCCCCCCCCCCCCCCCCC(=O)OC[C@H](COP(=O)(O)OC[C@@H](O)COP(=O)(O)OC[C@@H](COC(=O)CCCCCCCCCCC(C)C)OC(=O)CCCCCCCCCCCCCCC)OC(=O)CCCCCCCCCCCCCCCCC(C)C. The molecule has 3 N–H and O–H groups in total. The van der Waals surface area contributed by atoms with Gasteiger partial charge in [0, 0.05) is 25.7 Å². The lowest BCUT2D eigenvalue weighted by Gasteiger charge is -2.21. The van der Waals surface area contributed by atoms with Gasteiger partial charge in [-0.1, -0.05) is 363 Å². The maximum atomic E-state index is 13.1. The minimum absolute atomic E-state index is 0.107. The molecule has 0 heterocycles. The van der Waals surface area contributed by atoms with Crippen LogP contribution >= 0.6 is 15.6 Å². The van der Waals surface area contributed by atoms with Crippen LogP contribution in [0.25, 0.3) is 0 Å². The molecule has 0 rings (SSSR count). The second-order valence-corrected chi connectivity index (χ2v) is 32.3. The van der Waals surface area contributed by atoms with Crippen LogP contribution in [0.2, 0.25) is 0 Å². The van der Waals surface area contributed by atoms with E-state index in [2.05, 4.69) is 41.5 Å². The van der Waals surface area contributed by atoms with Gasteiger partial charge in [-0.25, -0.2) is 9.13 Å². The van der Waals surface area contributed by atoms with Gasteiger partial charge in [0.2, 0.25) is 0 Å². The summed E-state index contributed by atoms with van der Waals surface area (Å²) in [4.78, 5) is 73.0. The Morgan fingerprint density at radius 2 is 0.469 bits per heavy atom. The average Bonchev–Trinajstić information content (AvgIpc) is 1.48. The number of ether oxygens (including phenoxy) is 4. The van der Waals surface area contributed by atoms with Crippen molar-refractivity contribution in [2.24, 2.45) is 11.8 Å². The molecule has 0 fully saturated rings. The number of hydrogen-bond donors (Lipinski definition) is 3. The molecule has 2 unspecified atom stereocenters. The molecule has 0 spiro atoms. The Hall–Kier alpha value is -1.94. The molecule has 0 amide bonds. The Bertz CT molecular complexity index is 1890. The summed E-state index contributed by atoms with van der Waals surface area (Å²) >= 11 is 0. The molecule has 0 aliphatic rings. The molecule has 98 heavy (non-hydrogen) atoms. The number of unbranched alkanes of at least 4 members (excludes halogenated alkanes) is 48. The molecule has 582 valence electrons. The van der Waals surface area contributed by atoms with Crippen LogP contribution in [-0.2, 0) is 65.4 Å². The number of phosphoric ester groups is 2. The lowest BCUT2D eigenvalue weighted by atomic mass is 10.0. The van der Waals surface area contributed by atoms with Gasteiger partial charge in [-0.3, -0.25) is 37.3 Å². The van der Waals surface area contributed by atoms with E-state index < -0.39 is 97.5 Å². The van der Waals surface area contributed by atoms with Crippen molar-refractivity contribution in [3.8, 4) is 0 Å². The largest absolute Gasteiger partial charge is 0.472 e. The van der Waals surface area contributed by atoms with Gasteiger partial charge in [-0.2, -0.15) is 0 Å². The number of esters is 4. The van der Waals surface area contributed by atoms with Crippen molar-refractivity contribution in [2.75, 3.05) is 39.6 Å². The summed E-state index contributed by atoms with van der Waals surface area (Å²) in [6.45, 7) is 9.61. The third kappa shape index (κ3) is 72.4. The highest BCUT2D eigenvalue weighted by Gasteiger charge is 2.30. The fourth-order valence-corrected chi connectivity index (χ4v) is 13.8. The van der Waals surface area contributed by atoms with Gasteiger partial charge in [0.1, 0.15) is 19.3 Å². The standard InChI is InChI=1S/C79H154O17P2/c1-7-9-11-13-15-17-19-21-22-23-24-29-32-36-43-49-55-61-76(81)89-67-74(95-79(84)64-58-52-46-38-34-30-26-25-28-31-35-41-47-53-59-71(3)4)69-93-97(85,86)91-65-73(80)66-92-98(87,88)94-70-75(68-90-77(82)62-56-50-44-40-39-42-48-54-60-72(5)6)96-78(83)63-57-51-45-37-33-27-20-18-16-14-12-10-8-2/h71-75,80H,7-70H2,1-6H3,(H,85,86)(H,87,88)/t73-,74-,75-/m1/s1. The molecule has 0 saturated heterocycles. The van der Waals surface area contributed by atoms with E-state index in [1.807, 2.05) is 0 Å². The number of carbonyl (C=O) groups is 4. The van der Waals surface area contributed by atoms with E-state index in [1.165, 1.54) is 231 Å². The van der Waals surface area contributed by atoms with Gasteiger partial charge >= 0.3 is 39.5 Å². The van der Waals surface area contributed by atoms with Gasteiger partial charge in [-0.15, -0.1) is 0 Å². The summed E-state index contributed by atoms with van der Waals surface area (Å²) in [5.74, 6) is -0.588. The van der Waals surface area contributed by atoms with Crippen LogP contribution in [0, 0.1) is 11.8 Å². The van der Waals surface area contributed by atoms with Gasteiger partial charge in [-0.05, 0) is 37.5 Å². The van der Waals surface area contributed by atoms with Crippen LogP contribution in [0.3, 0.4) is 0 Å². The Morgan fingerprint density at radius 1 is 0.276 bits per heavy atom. The molecule has 0 radical (unpaired) electrons. The second-order valence-electron chi connectivity index (χ2n) is 29.4. The first-order chi connectivity index (χ1) is 47.4. The first kappa shape index (κ1) is 96.1. The highest BCUT2D eigenvalue weighted by molar-refractivity contribution is 7.47. The zero-order chi connectivity index (χ0) is 72.1. The number of aliphatic hydroxyl groups excluding tert-OH is 1. The van der Waals surface area contributed by atoms with Crippen molar-refractivity contribution in [2.45, 2.75) is 432 Å². The summed E-state index contributed by atoms with van der Waals surface area (Å²) in [6, 6.07) is 0. The molecular formula is C79H154O17P2. The van der Waals surface area contributed by atoms with Crippen LogP contribution in [0.5, 0.6) is 0 Å². The molecule has 0 aliphatic carbocycles. The summed E-state index contributed by atoms with van der Waals surface area (Å²) in [5, 5.41) is 10.6. The van der Waals surface area contributed by atoms with Gasteiger partial charge in [0.05, 0.1) is 26.4 Å². The summed E-state index contributed by atoms with van der Waals surface area (Å²) in [6.07, 6.45) is 59.6. The lowest BCUT2D eigenvalue weighted by Crippen LogP contribution is -2.30. The molecule has 0 aromatic carbocycles. The summed E-state index contributed by atoms with van der Waals surface area (Å²) in [7, 11) is -9.92. The highest BCUT2D eigenvalue weighted by Crippen LogP contribution is 2.45. The molecule has 0 saturated carbocycles. The van der Waals surface area contributed by atoms with Crippen molar-refractivity contribution in [3.05, 3.63) is 0 Å². The number of rotatable bonds is 78. The molecule has 0 bridgehead atoms. The van der Waals surface area contributed by atoms with Gasteiger partial charge in [0.15, 0.2) is 12.2 Å². The van der Waals surface area contributed by atoms with E-state index in [0.29, 0.717) is 25.7 Å². The van der Waals surface area contributed by atoms with Crippen LogP contribution in [0.15, 0.2) is 0 Å². The Labute approximate surface area is 600 Å². The van der Waals surface area contributed by atoms with E-state index in [0.717, 1.165) is 102 Å². The Balaban J connectivity index is 5.25. The fourth-order valence-electron chi connectivity index (χ4n) is 12.2. The molecule has 17 nitrogen and oxygen atoms in total. The minimum atomic E-state index is -4.96. The van der Waals surface area contributed by atoms with Crippen molar-refractivity contribution in [3.63, 3.8) is 0 Å². The van der Waals surface area contributed by atoms with Crippen molar-refractivity contribution in [1.82, 2.24) is 0 Å². The monoisotopic (exact) mass is 1440 g/mol. The lowest BCUT2D eigenvalue weighted by molar-refractivity contribution is -0.161. The predicted octanol–water partition coefficient (Wildman–Crippen LogP) is 23.5. The first-order valence-corrected chi connectivity index (χ1v) is 44.0. The number of phosphoric acid groups is 2. The third-order valence-electron chi connectivity index (χ3n) is 18.5. The molecular weight excluding hydrogens is 1280 g/mol. The van der Waals surface area contributed by atoms with E-state index in [9.17, 15) is 43.2 Å². The Kier molecular flexibility index (Phi) is 69.3. The zero-order valence-corrected chi connectivity index (χ0v) is 65.9. The maximum absolute atomic E-state index is 13.1. The Morgan fingerprint density at radius 3 is 0.694 bits per heavy atom. The second kappa shape index (κ2) is 70.7. The average molecular weight is 1440 g/mol. The maximum Gasteiger partial charge on any atom is 0.472 e. The quantitative estimate of drug-likeness (QED) is 0.0222. The van der Waals surface area contributed by atoms with Crippen LogP contribution in [-0.4, -0.2) is 96.7 Å². The van der Waals surface area contributed by atoms with Crippen LogP contribution < -0.4 is 0 Å². The zero-order valence-electron chi connectivity index (χ0n) is 64.1. The third-order valence-corrected chi connectivity index (χ3v) is 20.4. The normalized spacial score (nSPS) is 13.9. The molecule has 0 aliphatic heterocycles. The minimum Gasteiger partial charge on any atom is -0.462 e. The van der Waals surface area contributed by atoms with Crippen LogP contribution in [0.4, 0.5) is 0 Å². The number of carbonyl (C=O) groups excluding carboxylic acids is 4. The topological polar surface area (TPSA) is 237 Å². The van der Waals surface area contributed by atoms with E-state index in [1.54, 1.807) is 0 Å². The van der Waals surface area contributed by atoms with Gasteiger partial charge < -0.3 is 33.8 Å². The van der Waals surface area contributed by atoms with Crippen molar-refractivity contribution in [1.29, 1.82) is 0 Å². The summed E-state index contributed by atoms with van der Waals surface area (Å²) in [5.41, 5.74) is 0. The molecule has 5 atom stereocenters. The number of hydrogen-bond acceptors (Lipinski definition) is 15. The number of aliphatic hydroxyl groups is 1. The van der Waals surface area contributed by atoms with E-state index in [-0.39, 0.29) is 25.7 Å². The van der Waals surface area contributed by atoms with Crippen molar-refractivity contribution >= 4 is 39.5 Å². The van der Waals surface area contributed by atoms with Crippen molar-refractivity contribution < 1.29 is 80.2 Å². The fraction of sp³-hybridized carbons (Fsp3) is 0.949. The van der Waals surface area contributed by atoms with E-state index >= 15 is 0 Å². The molecule has 19 heteroatoms. The smallest absolute Gasteiger partial charge is 0.462 e. The molecule has 0 aromatic heterocycles. The molecule has 0 aromatic rings. The predicted molar refractivity (Wildman–Crippen MR) is 400 cm³/mol. The highest BCUT2D eigenvalue weighted by atomic mass is 31.2. The van der Waals surface area contributed by atoms with Gasteiger partial charge in [0.25, 0.3) is 0 Å². The first-order valence-electron chi connectivity index (χ1n) is 41.0. The van der Waals surface area contributed by atoms with Crippen LogP contribution in [0.1, 0.15) is 414 Å². The summed E-state index contributed by atoms with van der Waals surface area (Å²) < 4.78 is 68.7.